The molecule has 9 heteroatoms. The number of hydrogen-bond acceptors (Lipinski definition) is 6. The van der Waals surface area contributed by atoms with E-state index in [0.717, 1.165) is 17.2 Å². The van der Waals surface area contributed by atoms with E-state index in [0.29, 0.717) is 17.3 Å². The summed E-state index contributed by atoms with van der Waals surface area (Å²) in [6.07, 6.45) is 0.874. The van der Waals surface area contributed by atoms with E-state index in [1.54, 1.807) is 13.0 Å². The largest absolute Gasteiger partial charge is 0.486 e. The van der Waals surface area contributed by atoms with Gasteiger partial charge in [-0.2, -0.15) is 13.2 Å². The number of hydrogen-bond donors (Lipinski definition) is 0. The molecule has 1 aromatic rings. The fraction of sp³-hybridized carbons (Fsp3) is 0.381. The number of thioether (sulfide) groups is 1. The predicted octanol–water partition coefficient (Wildman–Crippen LogP) is 5.38. The molecule has 0 aliphatic carbocycles. The quantitative estimate of drug-likeness (QED) is 0.553. The second-order valence-corrected chi connectivity index (χ2v) is 7.89. The zero-order valence-corrected chi connectivity index (χ0v) is 17.6. The minimum atomic E-state index is -4.52. The highest BCUT2D eigenvalue weighted by Crippen LogP contribution is 2.44. The lowest BCUT2D eigenvalue weighted by molar-refractivity contribution is -0.153. The zero-order chi connectivity index (χ0) is 22.1. The minimum absolute atomic E-state index is 0.0871. The highest BCUT2D eigenvalue weighted by molar-refractivity contribution is 8.05. The molecule has 5 nitrogen and oxygen atoms in total. The van der Waals surface area contributed by atoms with Crippen LogP contribution in [0.25, 0.3) is 0 Å². The Kier molecular flexibility index (Phi) is 6.40. The van der Waals surface area contributed by atoms with Gasteiger partial charge in [-0.25, -0.2) is 4.79 Å². The number of alkyl halides is 3. The topological polar surface area (TPSA) is 51.9 Å². The molecule has 3 rings (SSSR count). The van der Waals surface area contributed by atoms with Gasteiger partial charge in [0, 0.05) is 12.2 Å². The molecule has 2 unspecified atom stereocenters. The molecule has 0 radical (unpaired) electrons. The summed E-state index contributed by atoms with van der Waals surface area (Å²) in [7, 11) is 0. The van der Waals surface area contributed by atoms with Crippen LogP contribution < -0.4 is 0 Å². The first kappa shape index (κ1) is 22.1. The van der Waals surface area contributed by atoms with Crippen molar-refractivity contribution in [2.75, 3.05) is 6.61 Å². The Morgan fingerprint density at radius 2 is 2.10 bits per heavy atom. The number of halogens is 3. The van der Waals surface area contributed by atoms with Gasteiger partial charge in [0.15, 0.2) is 0 Å². The summed E-state index contributed by atoms with van der Waals surface area (Å²) in [4.78, 5) is 14.7. The fourth-order valence-corrected chi connectivity index (χ4v) is 4.46. The lowest BCUT2D eigenvalue weighted by Crippen LogP contribution is -2.36. The monoisotopic (exact) mass is 441 g/mol. The number of carbonyl (C=O) groups is 1. The molecule has 1 aromatic heterocycles. The predicted molar refractivity (Wildman–Crippen MR) is 107 cm³/mol. The normalized spacial score (nSPS) is 21.9. The van der Waals surface area contributed by atoms with Crippen molar-refractivity contribution in [2.24, 2.45) is 0 Å². The van der Waals surface area contributed by atoms with Gasteiger partial charge >= 0.3 is 12.1 Å². The van der Waals surface area contributed by atoms with E-state index in [4.69, 9.17) is 13.9 Å². The van der Waals surface area contributed by atoms with Gasteiger partial charge in [0.25, 0.3) is 0 Å². The molecule has 0 N–H and O–H groups in total. The molecule has 0 amide bonds. The van der Waals surface area contributed by atoms with E-state index < -0.39 is 11.9 Å². The molecular weight excluding hydrogens is 419 g/mol. The van der Waals surface area contributed by atoms with Gasteiger partial charge < -0.3 is 18.8 Å². The van der Waals surface area contributed by atoms with E-state index in [2.05, 4.69) is 6.58 Å². The van der Waals surface area contributed by atoms with E-state index in [-0.39, 0.29) is 29.8 Å². The van der Waals surface area contributed by atoms with Gasteiger partial charge in [-0.15, -0.1) is 0 Å². The molecule has 162 valence electrons. The zero-order valence-electron chi connectivity index (χ0n) is 16.8. The van der Waals surface area contributed by atoms with Gasteiger partial charge in [0.05, 0.1) is 11.5 Å². The maximum Gasteiger partial charge on any atom is 0.449 e. The van der Waals surface area contributed by atoms with E-state index >= 15 is 0 Å². The Balaban J connectivity index is 1.61. The summed E-state index contributed by atoms with van der Waals surface area (Å²) in [5.41, 5.74) is 1.64. The average Bonchev–Trinajstić information content (AvgIpc) is 3.27. The van der Waals surface area contributed by atoms with Crippen molar-refractivity contribution in [1.82, 2.24) is 4.90 Å². The second-order valence-electron chi connectivity index (χ2n) is 6.80. The van der Waals surface area contributed by atoms with Gasteiger partial charge in [-0.3, -0.25) is 0 Å². The van der Waals surface area contributed by atoms with Crippen molar-refractivity contribution in [1.29, 1.82) is 0 Å². The maximum atomic E-state index is 12.6. The minimum Gasteiger partial charge on any atom is -0.486 e. The number of carbonyl (C=O) groups excluding carboxylic acids is 1. The third-order valence-corrected chi connectivity index (χ3v) is 6.15. The Morgan fingerprint density at radius 1 is 1.37 bits per heavy atom. The summed E-state index contributed by atoms with van der Waals surface area (Å²) in [6, 6.07) is 2.04. The Hall–Kier alpha value is -2.55. The summed E-state index contributed by atoms with van der Waals surface area (Å²) in [6.45, 7) is 9.87. The van der Waals surface area contributed by atoms with Crippen LogP contribution in [0.4, 0.5) is 13.2 Å². The van der Waals surface area contributed by atoms with E-state index in [1.165, 1.54) is 17.8 Å². The molecule has 0 spiro atoms. The standard InChI is InChI=1S/C21H22F3NO4S/c1-5-27-20(26)18-13(3)14(4)19(30-18)25-9-8-15(10-12(25)2)28-11-16-6-7-17(29-16)21(22,23)24/h6-10,12,19H,4-5,11H2,1-3H3. The molecule has 2 atom stereocenters. The molecule has 0 saturated carbocycles. The van der Waals surface area contributed by atoms with Crippen LogP contribution >= 0.6 is 11.8 Å². The highest BCUT2D eigenvalue weighted by atomic mass is 32.2. The summed E-state index contributed by atoms with van der Waals surface area (Å²) in [5, 5.41) is -0.159. The summed E-state index contributed by atoms with van der Waals surface area (Å²) in [5.74, 6) is -0.794. The van der Waals surface area contributed by atoms with Crippen molar-refractivity contribution >= 4 is 17.7 Å². The first-order valence-corrected chi connectivity index (χ1v) is 10.2. The third kappa shape index (κ3) is 4.61. The SMILES string of the molecule is C=C1C(C)=C(C(=O)OCC)SC1N1C=CC(OCc2ccc(C(F)(F)F)o2)=CC1C. The first-order chi connectivity index (χ1) is 14.1. The van der Waals surface area contributed by atoms with Crippen LogP contribution in [0.5, 0.6) is 0 Å². The molecule has 0 aromatic carbocycles. The fourth-order valence-electron chi connectivity index (χ4n) is 3.07. The van der Waals surface area contributed by atoms with Gasteiger partial charge in [-0.05, 0) is 56.2 Å². The van der Waals surface area contributed by atoms with Crippen LogP contribution in [-0.4, -0.2) is 28.9 Å². The number of allylic oxidation sites excluding steroid dienone is 1. The smallest absolute Gasteiger partial charge is 0.449 e. The average molecular weight is 441 g/mol. The van der Waals surface area contributed by atoms with Gasteiger partial charge in [0.1, 0.15) is 23.5 Å². The molecule has 3 heterocycles. The van der Waals surface area contributed by atoms with Crippen LogP contribution in [0.2, 0.25) is 0 Å². The molecule has 0 fully saturated rings. The number of esters is 1. The molecule has 2 aliphatic rings. The van der Waals surface area contributed by atoms with Gasteiger partial charge in [-0.1, -0.05) is 18.3 Å². The Labute approximate surface area is 176 Å². The van der Waals surface area contributed by atoms with Crippen molar-refractivity contribution in [2.45, 2.75) is 45.0 Å². The highest BCUT2D eigenvalue weighted by Gasteiger charge is 2.36. The van der Waals surface area contributed by atoms with E-state index in [1.807, 2.05) is 31.0 Å². The lowest BCUT2D eigenvalue weighted by Gasteiger charge is -2.34. The molecule has 0 bridgehead atoms. The van der Waals surface area contributed by atoms with Crippen molar-refractivity contribution in [3.63, 3.8) is 0 Å². The van der Waals surface area contributed by atoms with Crippen molar-refractivity contribution < 1.29 is 31.9 Å². The van der Waals surface area contributed by atoms with Crippen molar-refractivity contribution in [3.8, 4) is 0 Å². The number of ether oxygens (including phenoxy) is 2. The number of nitrogens with zero attached hydrogens (tertiary/aromatic N) is 1. The summed E-state index contributed by atoms with van der Waals surface area (Å²) >= 11 is 1.39. The number of furan rings is 1. The maximum absolute atomic E-state index is 12.6. The Morgan fingerprint density at radius 3 is 2.70 bits per heavy atom. The molecular formula is C21H22F3NO4S. The second kappa shape index (κ2) is 8.67. The molecule has 2 aliphatic heterocycles. The molecule has 0 saturated heterocycles. The number of rotatable bonds is 6. The van der Waals surface area contributed by atoms with Crippen LogP contribution in [0.1, 0.15) is 32.3 Å². The van der Waals surface area contributed by atoms with Gasteiger partial charge in [0.2, 0.25) is 5.76 Å². The lowest BCUT2D eigenvalue weighted by atomic mass is 10.1. The first-order valence-electron chi connectivity index (χ1n) is 9.31. The van der Waals surface area contributed by atoms with Crippen molar-refractivity contribution in [3.05, 3.63) is 70.4 Å². The molecule has 30 heavy (non-hydrogen) atoms. The van der Waals surface area contributed by atoms with Crippen LogP contribution in [0.3, 0.4) is 0 Å². The van der Waals surface area contributed by atoms with E-state index in [9.17, 15) is 18.0 Å². The Bertz CT molecular complexity index is 929. The van der Waals surface area contributed by atoms with Crippen LogP contribution in [0, 0.1) is 0 Å². The summed E-state index contributed by atoms with van der Waals surface area (Å²) < 4.78 is 53.3. The third-order valence-electron chi connectivity index (χ3n) is 4.69. The van der Waals surface area contributed by atoms with Crippen LogP contribution in [0.15, 0.2) is 63.3 Å². The van der Waals surface area contributed by atoms with Crippen LogP contribution in [-0.2, 0) is 27.1 Å².